The largest absolute Gasteiger partial charge is 0.244 e. The van der Waals surface area contributed by atoms with Gasteiger partial charge < -0.3 is 0 Å². The lowest BCUT2D eigenvalue weighted by Crippen LogP contribution is -2.27. The zero-order valence-corrected chi connectivity index (χ0v) is 13.7. The molecule has 0 aliphatic rings. The maximum absolute atomic E-state index is 12.3. The molecule has 0 aliphatic heterocycles. The smallest absolute Gasteiger partial charge is 0.242 e. The van der Waals surface area contributed by atoms with E-state index in [4.69, 9.17) is 11.6 Å². The maximum Gasteiger partial charge on any atom is 0.244 e. The molecular weight excluding hydrogens is 364 g/mol. The number of benzene rings is 1. The van der Waals surface area contributed by atoms with Crippen LogP contribution in [0, 0.1) is 0 Å². The summed E-state index contributed by atoms with van der Waals surface area (Å²) in [4.78, 5) is 3.78. The molecule has 1 atom stereocenters. The first kappa shape index (κ1) is 15.4. The van der Waals surface area contributed by atoms with Gasteiger partial charge in [-0.1, -0.05) is 41.9 Å². The van der Waals surface area contributed by atoms with Crippen molar-refractivity contribution in [2.24, 2.45) is 0 Å². The number of sulfonamides is 1. The lowest BCUT2D eigenvalue weighted by atomic mass is 10.1. The molecule has 20 heavy (non-hydrogen) atoms. The van der Waals surface area contributed by atoms with E-state index in [0.717, 1.165) is 5.56 Å². The van der Waals surface area contributed by atoms with Gasteiger partial charge in [-0.2, -0.15) is 0 Å². The molecule has 1 aromatic heterocycles. The third-order valence-electron chi connectivity index (χ3n) is 2.69. The molecule has 7 heteroatoms. The van der Waals surface area contributed by atoms with Gasteiger partial charge in [-0.3, -0.25) is 0 Å². The minimum Gasteiger partial charge on any atom is -0.242 e. The molecular formula is C13H12BrClN2O2S. The third-order valence-corrected chi connectivity index (χ3v) is 5.10. The van der Waals surface area contributed by atoms with E-state index < -0.39 is 10.0 Å². The molecule has 0 amide bonds. The zero-order chi connectivity index (χ0) is 14.8. The SMILES string of the molecule is CC(NS(=O)(=O)c1cc(Br)cnc1Cl)c1ccccc1. The highest BCUT2D eigenvalue weighted by Gasteiger charge is 2.22. The molecule has 0 saturated heterocycles. The average molecular weight is 376 g/mol. The zero-order valence-electron chi connectivity index (χ0n) is 10.5. The van der Waals surface area contributed by atoms with Gasteiger partial charge in [0, 0.05) is 16.7 Å². The Hall–Kier alpha value is -0.950. The number of nitrogens with zero attached hydrogens (tertiary/aromatic N) is 1. The molecule has 0 radical (unpaired) electrons. The highest BCUT2D eigenvalue weighted by molar-refractivity contribution is 9.10. The second-order valence-electron chi connectivity index (χ2n) is 4.20. The Bertz CT molecular complexity index is 708. The van der Waals surface area contributed by atoms with Gasteiger partial charge in [0.25, 0.3) is 0 Å². The molecule has 0 aliphatic carbocycles. The average Bonchev–Trinajstić information content (AvgIpc) is 2.42. The molecule has 2 rings (SSSR count). The summed E-state index contributed by atoms with van der Waals surface area (Å²) in [6.45, 7) is 1.77. The Labute approximate surface area is 131 Å². The summed E-state index contributed by atoms with van der Waals surface area (Å²) >= 11 is 9.05. The molecule has 1 unspecified atom stereocenters. The predicted octanol–water partition coefficient (Wildman–Crippen LogP) is 3.54. The Kier molecular flexibility index (Phi) is 4.80. The van der Waals surface area contributed by atoms with Gasteiger partial charge in [0.15, 0.2) is 0 Å². The second-order valence-corrected chi connectivity index (χ2v) is 7.15. The summed E-state index contributed by atoms with van der Waals surface area (Å²) in [5, 5.41) is -0.0547. The Morgan fingerprint density at radius 1 is 1.30 bits per heavy atom. The number of hydrogen-bond acceptors (Lipinski definition) is 3. The summed E-state index contributed by atoms with van der Waals surface area (Å²) in [7, 11) is -3.74. The van der Waals surface area contributed by atoms with Crippen LogP contribution in [0.1, 0.15) is 18.5 Å². The fraction of sp³-hybridized carbons (Fsp3) is 0.154. The van der Waals surface area contributed by atoms with Crippen molar-refractivity contribution in [2.75, 3.05) is 0 Å². The Balaban J connectivity index is 2.30. The Morgan fingerprint density at radius 3 is 2.60 bits per heavy atom. The maximum atomic E-state index is 12.3. The van der Waals surface area contributed by atoms with Crippen molar-refractivity contribution >= 4 is 37.6 Å². The topological polar surface area (TPSA) is 59.1 Å². The normalized spacial score (nSPS) is 13.2. The van der Waals surface area contributed by atoms with E-state index in [-0.39, 0.29) is 16.1 Å². The van der Waals surface area contributed by atoms with Crippen molar-refractivity contribution in [2.45, 2.75) is 17.9 Å². The molecule has 0 spiro atoms. The summed E-state index contributed by atoms with van der Waals surface area (Å²) < 4.78 is 27.8. The van der Waals surface area contributed by atoms with Crippen molar-refractivity contribution in [1.82, 2.24) is 9.71 Å². The van der Waals surface area contributed by atoms with E-state index in [0.29, 0.717) is 4.47 Å². The second kappa shape index (κ2) is 6.22. The van der Waals surface area contributed by atoms with E-state index >= 15 is 0 Å². The van der Waals surface area contributed by atoms with E-state index in [1.54, 1.807) is 6.92 Å². The summed E-state index contributed by atoms with van der Waals surface area (Å²) in [5.74, 6) is 0. The predicted molar refractivity (Wildman–Crippen MR) is 82.1 cm³/mol. The van der Waals surface area contributed by atoms with Crippen LogP contribution in [0.4, 0.5) is 0 Å². The van der Waals surface area contributed by atoms with Gasteiger partial charge in [-0.05, 0) is 34.5 Å². The summed E-state index contributed by atoms with van der Waals surface area (Å²) in [6, 6.07) is 10.4. The monoisotopic (exact) mass is 374 g/mol. The first-order valence-electron chi connectivity index (χ1n) is 5.78. The van der Waals surface area contributed by atoms with Gasteiger partial charge in [0.1, 0.15) is 10.0 Å². The molecule has 1 N–H and O–H groups in total. The minimum atomic E-state index is -3.74. The van der Waals surface area contributed by atoms with Crippen LogP contribution < -0.4 is 4.72 Å². The fourth-order valence-electron chi connectivity index (χ4n) is 1.70. The van der Waals surface area contributed by atoms with Gasteiger partial charge in [0.2, 0.25) is 10.0 Å². The lowest BCUT2D eigenvalue weighted by Gasteiger charge is -2.15. The number of rotatable bonds is 4. The number of aromatic nitrogens is 1. The van der Waals surface area contributed by atoms with Crippen LogP contribution >= 0.6 is 27.5 Å². The van der Waals surface area contributed by atoms with E-state index in [1.165, 1.54) is 12.3 Å². The highest BCUT2D eigenvalue weighted by atomic mass is 79.9. The van der Waals surface area contributed by atoms with Crippen molar-refractivity contribution in [3.63, 3.8) is 0 Å². The molecule has 106 valence electrons. The van der Waals surface area contributed by atoms with Crippen LogP contribution in [-0.4, -0.2) is 13.4 Å². The van der Waals surface area contributed by atoms with Crippen LogP contribution in [0.2, 0.25) is 5.15 Å². The fourth-order valence-corrected chi connectivity index (χ4v) is 3.87. The van der Waals surface area contributed by atoms with Crippen molar-refractivity contribution < 1.29 is 8.42 Å². The van der Waals surface area contributed by atoms with Crippen molar-refractivity contribution in [3.05, 3.63) is 57.8 Å². The van der Waals surface area contributed by atoms with Gasteiger partial charge in [0.05, 0.1) is 0 Å². The van der Waals surface area contributed by atoms with E-state index in [1.807, 2.05) is 30.3 Å². The minimum absolute atomic E-state index is 0.0451. The summed E-state index contributed by atoms with van der Waals surface area (Å²) in [5.41, 5.74) is 0.871. The number of pyridine rings is 1. The van der Waals surface area contributed by atoms with E-state index in [9.17, 15) is 8.42 Å². The summed E-state index contributed by atoms with van der Waals surface area (Å²) in [6.07, 6.45) is 1.45. The number of halogens is 2. The number of nitrogens with one attached hydrogen (secondary N) is 1. The molecule has 1 aromatic carbocycles. The van der Waals surface area contributed by atoms with Gasteiger partial charge in [-0.15, -0.1) is 0 Å². The van der Waals surface area contributed by atoms with Crippen LogP contribution in [0.5, 0.6) is 0 Å². The number of hydrogen-bond donors (Lipinski definition) is 1. The molecule has 4 nitrogen and oxygen atoms in total. The van der Waals surface area contributed by atoms with E-state index in [2.05, 4.69) is 25.6 Å². The van der Waals surface area contributed by atoms with Gasteiger partial charge in [-0.25, -0.2) is 18.1 Å². The quantitative estimate of drug-likeness (QED) is 0.832. The van der Waals surface area contributed by atoms with Gasteiger partial charge >= 0.3 is 0 Å². The third kappa shape index (κ3) is 3.58. The molecule has 2 aromatic rings. The first-order valence-corrected chi connectivity index (χ1v) is 8.44. The molecule has 0 saturated carbocycles. The molecule has 1 heterocycles. The highest BCUT2D eigenvalue weighted by Crippen LogP contribution is 2.24. The first-order chi connectivity index (χ1) is 9.40. The van der Waals surface area contributed by atoms with Crippen molar-refractivity contribution in [3.8, 4) is 0 Å². The molecule has 0 bridgehead atoms. The molecule has 0 fully saturated rings. The Morgan fingerprint density at radius 2 is 1.95 bits per heavy atom. The van der Waals surface area contributed by atoms with Crippen molar-refractivity contribution in [1.29, 1.82) is 0 Å². The van der Waals surface area contributed by atoms with Crippen LogP contribution in [-0.2, 0) is 10.0 Å². The lowest BCUT2D eigenvalue weighted by molar-refractivity contribution is 0.566. The van der Waals surface area contributed by atoms with Crippen LogP contribution in [0.3, 0.4) is 0 Å². The van der Waals surface area contributed by atoms with Crippen LogP contribution in [0.15, 0.2) is 52.0 Å². The van der Waals surface area contributed by atoms with Crippen LogP contribution in [0.25, 0.3) is 0 Å². The standard InChI is InChI=1S/C13H12BrClN2O2S/c1-9(10-5-3-2-4-6-10)17-20(18,19)12-7-11(14)8-16-13(12)15/h2-9,17H,1H3.